The van der Waals surface area contributed by atoms with Gasteiger partial charge >= 0.3 is 0 Å². The molecule has 0 saturated carbocycles. The molecular weight excluding hydrogens is 346 g/mol. The summed E-state index contributed by atoms with van der Waals surface area (Å²) in [6, 6.07) is 8.76. The number of halogens is 1. The number of ether oxygens (including phenoxy) is 4. The largest absolute Gasteiger partial charge is 0.493 e. The van der Waals surface area contributed by atoms with Crippen LogP contribution in [0.25, 0.3) is 0 Å². The average molecular weight is 364 g/mol. The molecule has 0 N–H and O–H groups in total. The van der Waals surface area contributed by atoms with Crippen LogP contribution in [-0.4, -0.2) is 33.8 Å². The normalized spacial score (nSPS) is 13.6. The number of benzene rings is 2. The van der Waals surface area contributed by atoms with Crippen LogP contribution in [0.4, 0.5) is 5.69 Å². The summed E-state index contributed by atoms with van der Waals surface area (Å²) in [6.45, 7) is 0.263. The molecule has 0 unspecified atom stereocenters. The fraction of sp³-hybridized carbons (Fsp3) is 0.278. The second-order valence-electron chi connectivity index (χ2n) is 5.40. The average Bonchev–Trinajstić information content (AvgIpc) is 2.79. The Kier molecular flexibility index (Phi) is 4.90. The molecule has 2 aromatic carbocycles. The third-order valence-electron chi connectivity index (χ3n) is 3.96. The Balaban J connectivity index is 2.06. The van der Waals surface area contributed by atoms with Crippen LogP contribution < -0.4 is 23.8 Å². The highest BCUT2D eigenvalue weighted by atomic mass is 35.5. The number of fused-ring (bicyclic) bond motifs is 1. The highest BCUT2D eigenvalue weighted by Crippen LogP contribution is 2.42. The van der Waals surface area contributed by atoms with E-state index in [1.54, 1.807) is 35.2 Å². The van der Waals surface area contributed by atoms with Gasteiger partial charge in [-0.25, -0.2) is 0 Å². The second kappa shape index (κ2) is 7.11. The number of carbonyl (C=O) groups excluding carboxylic acids is 1. The van der Waals surface area contributed by atoms with Crippen molar-refractivity contribution in [1.82, 2.24) is 0 Å². The lowest BCUT2D eigenvalue weighted by Gasteiger charge is -2.23. The Labute approximate surface area is 150 Å². The van der Waals surface area contributed by atoms with Gasteiger partial charge in [0.25, 0.3) is 5.91 Å². The van der Waals surface area contributed by atoms with Gasteiger partial charge in [-0.05, 0) is 18.2 Å². The molecular formula is C18H18ClNO5. The molecule has 0 saturated heterocycles. The third kappa shape index (κ3) is 3.30. The third-order valence-corrected chi connectivity index (χ3v) is 4.20. The highest BCUT2D eigenvalue weighted by molar-refractivity contribution is 6.30. The van der Waals surface area contributed by atoms with Crippen molar-refractivity contribution >= 4 is 23.2 Å². The number of amides is 1. The maximum Gasteiger partial charge on any atom is 0.265 e. The maximum absolute atomic E-state index is 12.6. The van der Waals surface area contributed by atoms with Crippen molar-refractivity contribution in [2.75, 3.05) is 32.8 Å². The minimum Gasteiger partial charge on any atom is -0.493 e. The summed E-state index contributed by atoms with van der Waals surface area (Å²) in [5.41, 5.74) is 1.45. The van der Waals surface area contributed by atoms with E-state index in [-0.39, 0.29) is 12.5 Å². The molecule has 25 heavy (non-hydrogen) atoms. The molecule has 1 heterocycles. The molecule has 0 bridgehead atoms. The van der Waals surface area contributed by atoms with E-state index in [2.05, 4.69) is 0 Å². The molecule has 1 amide bonds. The van der Waals surface area contributed by atoms with E-state index in [0.29, 0.717) is 40.3 Å². The van der Waals surface area contributed by atoms with Gasteiger partial charge in [0.1, 0.15) is 5.75 Å². The molecule has 132 valence electrons. The topological polar surface area (TPSA) is 57.2 Å². The van der Waals surface area contributed by atoms with Crippen molar-refractivity contribution in [3.63, 3.8) is 0 Å². The van der Waals surface area contributed by atoms with Gasteiger partial charge in [0, 0.05) is 22.7 Å². The van der Waals surface area contributed by atoms with Gasteiger partial charge < -0.3 is 23.8 Å². The monoisotopic (exact) mass is 363 g/mol. The van der Waals surface area contributed by atoms with Gasteiger partial charge in [-0.1, -0.05) is 11.6 Å². The van der Waals surface area contributed by atoms with Crippen LogP contribution in [0.3, 0.4) is 0 Å². The van der Waals surface area contributed by atoms with E-state index >= 15 is 0 Å². The van der Waals surface area contributed by atoms with Crippen LogP contribution >= 0.6 is 11.6 Å². The Morgan fingerprint density at radius 2 is 1.72 bits per heavy atom. The van der Waals surface area contributed by atoms with Crippen LogP contribution in [0.15, 0.2) is 30.3 Å². The first-order valence-electron chi connectivity index (χ1n) is 7.59. The van der Waals surface area contributed by atoms with Gasteiger partial charge in [-0.2, -0.15) is 0 Å². The predicted molar refractivity (Wildman–Crippen MR) is 94.2 cm³/mol. The zero-order chi connectivity index (χ0) is 18.0. The lowest BCUT2D eigenvalue weighted by molar-refractivity contribution is -0.120. The van der Waals surface area contributed by atoms with Crippen molar-refractivity contribution in [1.29, 1.82) is 0 Å². The van der Waals surface area contributed by atoms with Crippen LogP contribution in [0, 0.1) is 0 Å². The van der Waals surface area contributed by atoms with Crippen molar-refractivity contribution in [2.45, 2.75) is 6.54 Å². The molecule has 0 spiro atoms. The fourth-order valence-corrected chi connectivity index (χ4v) is 2.94. The van der Waals surface area contributed by atoms with Crippen LogP contribution in [0.1, 0.15) is 5.56 Å². The van der Waals surface area contributed by atoms with Gasteiger partial charge in [0.2, 0.25) is 5.75 Å². The van der Waals surface area contributed by atoms with Gasteiger partial charge in [0.05, 0.1) is 33.6 Å². The minimum atomic E-state index is -0.179. The van der Waals surface area contributed by atoms with Gasteiger partial charge in [-0.3, -0.25) is 4.79 Å². The van der Waals surface area contributed by atoms with E-state index in [1.165, 1.54) is 21.3 Å². The number of methoxy groups -OCH3 is 3. The number of rotatable bonds is 4. The van der Waals surface area contributed by atoms with Crippen LogP contribution in [-0.2, 0) is 11.3 Å². The summed E-state index contributed by atoms with van der Waals surface area (Å²) >= 11 is 6.08. The first kappa shape index (κ1) is 17.2. The fourth-order valence-electron chi connectivity index (χ4n) is 2.75. The summed E-state index contributed by atoms with van der Waals surface area (Å²) < 4.78 is 21.7. The molecule has 7 heteroatoms. The van der Waals surface area contributed by atoms with Crippen molar-refractivity contribution < 1.29 is 23.7 Å². The van der Waals surface area contributed by atoms with E-state index in [4.69, 9.17) is 30.5 Å². The van der Waals surface area contributed by atoms with Crippen LogP contribution in [0.5, 0.6) is 23.0 Å². The second-order valence-corrected chi connectivity index (χ2v) is 5.84. The standard InChI is InChI=1S/C18H18ClNO5/c1-22-15-7-13(8-16(23-2)18(15)24-3)20-9-11-6-12(19)4-5-14(11)25-10-17(20)21/h4-8H,9-10H2,1-3H3. The highest BCUT2D eigenvalue weighted by Gasteiger charge is 2.25. The van der Waals surface area contributed by atoms with E-state index in [0.717, 1.165) is 5.56 Å². The SMILES string of the molecule is COc1cc(N2Cc3cc(Cl)ccc3OCC2=O)cc(OC)c1OC. The van der Waals surface area contributed by atoms with Crippen molar-refractivity contribution in [2.24, 2.45) is 0 Å². The predicted octanol–water partition coefficient (Wildman–Crippen LogP) is 3.29. The maximum atomic E-state index is 12.6. The molecule has 0 aromatic heterocycles. The van der Waals surface area contributed by atoms with Crippen molar-refractivity contribution in [3.05, 3.63) is 40.9 Å². The van der Waals surface area contributed by atoms with Crippen molar-refractivity contribution in [3.8, 4) is 23.0 Å². The minimum absolute atomic E-state index is 0.0642. The number of hydrogen-bond acceptors (Lipinski definition) is 5. The zero-order valence-electron chi connectivity index (χ0n) is 14.2. The molecule has 1 aliphatic heterocycles. The summed E-state index contributed by atoms with van der Waals surface area (Å²) in [5.74, 6) is 1.88. The number of nitrogens with zero attached hydrogens (tertiary/aromatic N) is 1. The van der Waals surface area contributed by atoms with E-state index in [9.17, 15) is 4.79 Å². The molecule has 1 aliphatic rings. The summed E-state index contributed by atoms with van der Waals surface area (Å²) in [4.78, 5) is 14.2. The Bertz CT molecular complexity index is 783. The molecule has 0 radical (unpaired) electrons. The Morgan fingerprint density at radius 3 is 2.32 bits per heavy atom. The lowest BCUT2D eigenvalue weighted by Crippen LogP contribution is -2.32. The first-order valence-corrected chi connectivity index (χ1v) is 7.96. The quantitative estimate of drug-likeness (QED) is 0.834. The van der Waals surface area contributed by atoms with Gasteiger partial charge in [-0.15, -0.1) is 0 Å². The molecule has 2 aromatic rings. The number of carbonyl (C=O) groups is 1. The summed E-state index contributed by atoms with van der Waals surface area (Å²) in [5, 5.41) is 0.585. The Hall–Kier alpha value is -2.60. The van der Waals surface area contributed by atoms with Gasteiger partial charge in [0.15, 0.2) is 18.1 Å². The van der Waals surface area contributed by atoms with E-state index < -0.39 is 0 Å². The molecule has 6 nitrogen and oxygen atoms in total. The summed E-state index contributed by atoms with van der Waals surface area (Å²) in [6.07, 6.45) is 0. The molecule has 3 rings (SSSR count). The molecule has 0 fully saturated rings. The first-order chi connectivity index (χ1) is 12.1. The van der Waals surface area contributed by atoms with Crippen LogP contribution in [0.2, 0.25) is 5.02 Å². The molecule has 0 aliphatic carbocycles. The van der Waals surface area contributed by atoms with E-state index in [1.807, 2.05) is 0 Å². The molecule has 0 atom stereocenters. The number of hydrogen-bond donors (Lipinski definition) is 0. The number of anilines is 1. The summed E-state index contributed by atoms with van der Waals surface area (Å²) in [7, 11) is 4.59. The lowest BCUT2D eigenvalue weighted by atomic mass is 10.1. The Morgan fingerprint density at radius 1 is 1.04 bits per heavy atom. The zero-order valence-corrected chi connectivity index (χ0v) is 14.9. The smallest absolute Gasteiger partial charge is 0.265 e.